The molecule has 2 aromatic heterocycles. The van der Waals surface area contributed by atoms with Crippen LogP contribution in [0.5, 0.6) is 0 Å². The van der Waals surface area contributed by atoms with Crippen molar-refractivity contribution in [2.24, 2.45) is 0 Å². The lowest BCUT2D eigenvalue weighted by Crippen LogP contribution is -2.10. The van der Waals surface area contributed by atoms with Gasteiger partial charge in [0.05, 0.1) is 11.9 Å². The molecule has 0 amide bonds. The molecule has 3 rings (SSSR count). The van der Waals surface area contributed by atoms with E-state index in [1.165, 1.54) is 4.88 Å². The summed E-state index contributed by atoms with van der Waals surface area (Å²) in [5.41, 5.74) is 2.10. The predicted octanol–water partition coefficient (Wildman–Crippen LogP) is 3.28. The Morgan fingerprint density at radius 3 is 2.75 bits per heavy atom. The van der Waals surface area contributed by atoms with E-state index in [2.05, 4.69) is 22.3 Å². The molecule has 3 aromatic rings. The maximum atomic E-state index is 4.49. The lowest BCUT2D eigenvalue weighted by Gasteiger charge is -2.04. The number of hydrogen-bond donors (Lipinski definition) is 1. The predicted molar refractivity (Wildman–Crippen MR) is 82.1 cm³/mol. The molecular weight excluding hydrogens is 268 g/mol. The van der Waals surface area contributed by atoms with Crippen LogP contribution in [0.3, 0.4) is 0 Å². The summed E-state index contributed by atoms with van der Waals surface area (Å²) in [6.07, 6.45) is 5.81. The Morgan fingerprint density at radius 1 is 1.20 bits per heavy atom. The van der Waals surface area contributed by atoms with E-state index in [0.29, 0.717) is 6.04 Å². The Bertz CT molecular complexity index is 687. The molecule has 0 radical (unpaired) electrons. The second-order valence-electron chi connectivity index (χ2n) is 4.59. The summed E-state index contributed by atoms with van der Waals surface area (Å²) < 4.78 is 1.87. The second-order valence-corrected chi connectivity index (χ2v) is 5.65. The van der Waals surface area contributed by atoms with Crippen LogP contribution in [-0.2, 0) is 0 Å². The Morgan fingerprint density at radius 2 is 2.00 bits per heavy atom. The molecule has 0 aliphatic carbocycles. The Hall–Kier alpha value is -1.98. The maximum Gasteiger partial charge on any atom is 0.126 e. The summed E-state index contributed by atoms with van der Waals surface area (Å²) in [6.45, 7) is 2.13. The van der Waals surface area contributed by atoms with Gasteiger partial charge in [0, 0.05) is 28.9 Å². The van der Waals surface area contributed by atoms with Crippen molar-refractivity contribution in [1.29, 1.82) is 0 Å². The van der Waals surface area contributed by atoms with E-state index in [1.54, 1.807) is 11.3 Å². The van der Waals surface area contributed by atoms with Crippen LogP contribution in [0.1, 0.15) is 17.8 Å². The topological polar surface area (TPSA) is 42.7 Å². The van der Waals surface area contributed by atoms with Crippen LogP contribution in [-0.4, -0.2) is 21.8 Å². The summed E-state index contributed by atoms with van der Waals surface area (Å²) in [5, 5.41) is 8.64. The van der Waals surface area contributed by atoms with Gasteiger partial charge in [-0.25, -0.2) is 9.67 Å². The minimum Gasteiger partial charge on any atom is -0.312 e. The highest BCUT2D eigenvalue weighted by atomic mass is 32.1. The zero-order valence-electron chi connectivity index (χ0n) is 11.4. The van der Waals surface area contributed by atoms with E-state index < -0.39 is 0 Å². The second kappa shape index (κ2) is 5.56. The minimum atomic E-state index is 0.324. The number of nitrogens with one attached hydrogen (secondary N) is 1. The summed E-state index contributed by atoms with van der Waals surface area (Å²) in [4.78, 5) is 5.72. The molecule has 5 heteroatoms. The van der Waals surface area contributed by atoms with Gasteiger partial charge in [-0.15, -0.1) is 11.3 Å². The van der Waals surface area contributed by atoms with Crippen LogP contribution in [0.4, 0.5) is 0 Å². The summed E-state index contributed by atoms with van der Waals surface area (Å²) in [7, 11) is 1.96. The van der Waals surface area contributed by atoms with Crippen molar-refractivity contribution in [3.05, 3.63) is 53.8 Å². The monoisotopic (exact) mass is 284 g/mol. The molecule has 0 bridgehead atoms. The van der Waals surface area contributed by atoms with Gasteiger partial charge in [-0.2, -0.15) is 5.10 Å². The van der Waals surface area contributed by atoms with Gasteiger partial charge in [-0.3, -0.25) is 0 Å². The van der Waals surface area contributed by atoms with Gasteiger partial charge < -0.3 is 5.32 Å². The van der Waals surface area contributed by atoms with Gasteiger partial charge in [0.1, 0.15) is 5.01 Å². The maximum absolute atomic E-state index is 4.49. The first kappa shape index (κ1) is 13.0. The molecule has 0 spiro atoms. The standard InChI is InChI=1S/C15H16N4S/c1-11(16-2)14-9-17-15(20-14)12-8-18-19(10-12)13-6-4-3-5-7-13/h3-11,16H,1-2H3. The first-order valence-electron chi connectivity index (χ1n) is 6.51. The van der Waals surface area contributed by atoms with Gasteiger partial charge in [0.2, 0.25) is 0 Å². The largest absolute Gasteiger partial charge is 0.312 e. The lowest BCUT2D eigenvalue weighted by atomic mass is 10.3. The fraction of sp³-hybridized carbons (Fsp3) is 0.200. The van der Waals surface area contributed by atoms with Gasteiger partial charge in [0.25, 0.3) is 0 Å². The molecule has 1 atom stereocenters. The molecular formula is C15H16N4S. The van der Waals surface area contributed by atoms with Crippen molar-refractivity contribution < 1.29 is 0 Å². The van der Waals surface area contributed by atoms with Crippen molar-refractivity contribution in [1.82, 2.24) is 20.1 Å². The summed E-state index contributed by atoms with van der Waals surface area (Å²) in [6, 6.07) is 10.4. The molecule has 20 heavy (non-hydrogen) atoms. The third kappa shape index (κ3) is 2.50. The number of aromatic nitrogens is 3. The van der Waals surface area contributed by atoms with E-state index in [0.717, 1.165) is 16.3 Å². The molecule has 1 aromatic carbocycles. The van der Waals surface area contributed by atoms with E-state index in [1.807, 2.05) is 60.7 Å². The van der Waals surface area contributed by atoms with Crippen LogP contribution in [0.2, 0.25) is 0 Å². The van der Waals surface area contributed by atoms with Crippen LogP contribution in [0, 0.1) is 0 Å². The van der Waals surface area contributed by atoms with Crippen molar-refractivity contribution in [3.63, 3.8) is 0 Å². The molecule has 0 aliphatic heterocycles. The quantitative estimate of drug-likeness (QED) is 0.799. The molecule has 1 unspecified atom stereocenters. The molecule has 0 fully saturated rings. The van der Waals surface area contributed by atoms with Crippen LogP contribution < -0.4 is 5.32 Å². The fourth-order valence-electron chi connectivity index (χ4n) is 1.92. The Kier molecular flexibility index (Phi) is 3.62. The molecule has 0 aliphatic rings. The third-order valence-electron chi connectivity index (χ3n) is 3.23. The van der Waals surface area contributed by atoms with Crippen LogP contribution >= 0.6 is 11.3 Å². The third-order valence-corrected chi connectivity index (χ3v) is 4.46. The fourth-order valence-corrected chi connectivity index (χ4v) is 2.87. The number of rotatable bonds is 4. The number of nitrogens with zero attached hydrogens (tertiary/aromatic N) is 3. The van der Waals surface area contributed by atoms with E-state index in [-0.39, 0.29) is 0 Å². The van der Waals surface area contributed by atoms with Gasteiger partial charge in [-0.05, 0) is 26.1 Å². The van der Waals surface area contributed by atoms with E-state index in [9.17, 15) is 0 Å². The highest BCUT2D eigenvalue weighted by Gasteiger charge is 2.11. The van der Waals surface area contributed by atoms with E-state index >= 15 is 0 Å². The van der Waals surface area contributed by atoms with Crippen molar-refractivity contribution >= 4 is 11.3 Å². The van der Waals surface area contributed by atoms with Crippen molar-refractivity contribution in [2.45, 2.75) is 13.0 Å². The first-order chi connectivity index (χ1) is 9.78. The number of benzene rings is 1. The lowest BCUT2D eigenvalue weighted by molar-refractivity contribution is 0.662. The Balaban J connectivity index is 1.89. The normalized spacial score (nSPS) is 12.5. The van der Waals surface area contributed by atoms with E-state index in [4.69, 9.17) is 0 Å². The number of thiazole rings is 1. The molecule has 0 saturated heterocycles. The average molecular weight is 284 g/mol. The van der Waals surface area contributed by atoms with Gasteiger partial charge >= 0.3 is 0 Å². The van der Waals surface area contributed by atoms with Crippen LogP contribution in [0.25, 0.3) is 16.3 Å². The zero-order valence-corrected chi connectivity index (χ0v) is 12.3. The molecule has 0 saturated carbocycles. The summed E-state index contributed by atoms with van der Waals surface area (Å²) in [5.74, 6) is 0. The molecule has 102 valence electrons. The van der Waals surface area contributed by atoms with Gasteiger partial charge in [-0.1, -0.05) is 18.2 Å². The number of hydrogen-bond acceptors (Lipinski definition) is 4. The van der Waals surface area contributed by atoms with Crippen LogP contribution in [0.15, 0.2) is 48.9 Å². The average Bonchev–Trinajstić information content (AvgIpc) is 3.16. The van der Waals surface area contributed by atoms with Gasteiger partial charge in [0.15, 0.2) is 0 Å². The van der Waals surface area contributed by atoms with Crippen molar-refractivity contribution in [2.75, 3.05) is 7.05 Å². The Labute approximate surface area is 122 Å². The summed E-state index contributed by atoms with van der Waals surface area (Å²) >= 11 is 1.70. The highest BCUT2D eigenvalue weighted by molar-refractivity contribution is 7.15. The number of para-hydroxylation sites is 1. The highest BCUT2D eigenvalue weighted by Crippen LogP contribution is 2.28. The minimum absolute atomic E-state index is 0.324. The van der Waals surface area contributed by atoms with Crippen molar-refractivity contribution in [3.8, 4) is 16.3 Å². The molecule has 1 N–H and O–H groups in total. The first-order valence-corrected chi connectivity index (χ1v) is 7.33. The zero-order chi connectivity index (χ0) is 13.9. The molecule has 2 heterocycles. The molecule has 4 nitrogen and oxygen atoms in total. The smallest absolute Gasteiger partial charge is 0.126 e. The SMILES string of the molecule is CNC(C)c1cnc(-c2cnn(-c3ccccc3)c2)s1.